The number of hydrogen-bond acceptors (Lipinski definition) is 3. The van der Waals surface area contributed by atoms with Crippen LogP contribution in [0, 0.1) is 0 Å². The van der Waals surface area contributed by atoms with Crippen molar-refractivity contribution in [2.45, 2.75) is 32.4 Å². The van der Waals surface area contributed by atoms with Gasteiger partial charge in [-0.1, -0.05) is 18.7 Å². The van der Waals surface area contributed by atoms with Crippen LogP contribution < -0.4 is 15.2 Å². The van der Waals surface area contributed by atoms with Gasteiger partial charge >= 0.3 is 0 Å². The van der Waals surface area contributed by atoms with Crippen LogP contribution >= 0.6 is 0 Å². The molecule has 1 aromatic carbocycles. The molecule has 0 fully saturated rings. The Morgan fingerprint density at radius 1 is 1.35 bits per heavy atom. The van der Waals surface area contributed by atoms with Gasteiger partial charge in [0.1, 0.15) is 6.10 Å². The summed E-state index contributed by atoms with van der Waals surface area (Å²) in [6.45, 7) is 7.62. The summed E-state index contributed by atoms with van der Waals surface area (Å²) in [5.74, 6) is 1.46. The smallest absolute Gasteiger partial charge is 0.162 e. The first kappa shape index (κ1) is 13.6. The Kier molecular flexibility index (Phi) is 5.04. The number of hydrogen-bond donors (Lipinski definition) is 1. The van der Waals surface area contributed by atoms with Gasteiger partial charge in [-0.05, 0) is 38.0 Å². The van der Waals surface area contributed by atoms with E-state index in [-0.39, 0.29) is 12.1 Å². The fourth-order valence-electron chi connectivity index (χ4n) is 1.56. The Morgan fingerprint density at radius 3 is 2.59 bits per heavy atom. The molecule has 0 aliphatic carbocycles. The van der Waals surface area contributed by atoms with Crippen molar-refractivity contribution in [3.05, 3.63) is 36.4 Å². The molecule has 1 aromatic rings. The van der Waals surface area contributed by atoms with E-state index in [4.69, 9.17) is 15.2 Å². The third kappa shape index (κ3) is 4.11. The molecular weight excluding hydrogens is 214 g/mol. The predicted octanol–water partition coefficient (Wildman–Crippen LogP) is 2.54. The van der Waals surface area contributed by atoms with E-state index in [1.54, 1.807) is 13.2 Å². The van der Waals surface area contributed by atoms with Crippen LogP contribution in [0.2, 0.25) is 0 Å². The van der Waals surface area contributed by atoms with E-state index in [2.05, 4.69) is 6.58 Å². The summed E-state index contributed by atoms with van der Waals surface area (Å²) in [7, 11) is 1.63. The number of benzene rings is 1. The highest BCUT2D eigenvalue weighted by Gasteiger charge is 2.09. The molecule has 0 saturated heterocycles. The zero-order chi connectivity index (χ0) is 12.8. The van der Waals surface area contributed by atoms with E-state index in [1.807, 2.05) is 32.0 Å². The summed E-state index contributed by atoms with van der Waals surface area (Å²) >= 11 is 0. The highest BCUT2D eigenvalue weighted by molar-refractivity contribution is 5.43. The number of methoxy groups -OCH3 is 1. The standard InChI is InChI=1S/C14H21NO2/c1-5-11(3)17-14-9-12(8-10(2)15)6-7-13(14)16-4/h5-7,9-11H,1,8,15H2,2-4H3. The molecule has 17 heavy (non-hydrogen) atoms. The molecule has 0 spiro atoms. The Hall–Kier alpha value is -1.48. The van der Waals surface area contributed by atoms with Gasteiger partial charge in [-0.3, -0.25) is 0 Å². The maximum atomic E-state index is 5.78. The molecule has 0 radical (unpaired) electrons. The molecule has 0 aliphatic rings. The highest BCUT2D eigenvalue weighted by Crippen LogP contribution is 2.29. The monoisotopic (exact) mass is 235 g/mol. The fraction of sp³-hybridized carbons (Fsp3) is 0.429. The largest absolute Gasteiger partial charge is 0.493 e. The first-order chi connectivity index (χ1) is 8.06. The minimum Gasteiger partial charge on any atom is -0.493 e. The molecule has 0 heterocycles. The lowest BCUT2D eigenvalue weighted by molar-refractivity contribution is 0.254. The number of rotatable bonds is 6. The molecule has 0 aromatic heterocycles. The van der Waals surface area contributed by atoms with Crippen molar-refractivity contribution in [1.29, 1.82) is 0 Å². The molecule has 2 atom stereocenters. The maximum absolute atomic E-state index is 5.78. The Balaban J connectivity index is 2.93. The van der Waals surface area contributed by atoms with Gasteiger partial charge in [0.05, 0.1) is 7.11 Å². The third-order valence-electron chi connectivity index (χ3n) is 2.43. The first-order valence-electron chi connectivity index (χ1n) is 5.78. The van der Waals surface area contributed by atoms with Crippen molar-refractivity contribution in [1.82, 2.24) is 0 Å². The quantitative estimate of drug-likeness (QED) is 0.771. The van der Waals surface area contributed by atoms with Crippen LogP contribution in [-0.4, -0.2) is 19.3 Å². The SMILES string of the molecule is C=CC(C)Oc1cc(CC(C)N)ccc1OC. The van der Waals surface area contributed by atoms with Crippen molar-refractivity contribution in [2.75, 3.05) is 7.11 Å². The normalized spacial score (nSPS) is 13.9. The van der Waals surface area contributed by atoms with Crippen LogP contribution in [0.4, 0.5) is 0 Å². The molecule has 0 saturated carbocycles. The minimum atomic E-state index is -0.0468. The van der Waals surface area contributed by atoms with E-state index in [1.165, 1.54) is 0 Å². The van der Waals surface area contributed by atoms with Crippen molar-refractivity contribution in [2.24, 2.45) is 5.73 Å². The Labute approximate surface area is 103 Å². The topological polar surface area (TPSA) is 44.5 Å². The van der Waals surface area contributed by atoms with Gasteiger partial charge < -0.3 is 15.2 Å². The zero-order valence-electron chi connectivity index (χ0n) is 10.8. The molecular formula is C14H21NO2. The molecule has 3 heteroatoms. The van der Waals surface area contributed by atoms with Gasteiger partial charge in [0.15, 0.2) is 11.5 Å². The van der Waals surface area contributed by atoms with Gasteiger partial charge in [-0.15, -0.1) is 0 Å². The van der Waals surface area contributed by atoms with E-state index in [9.17, 15) is 0 Å². The molecule has 94 valence electrons. The van der Waals surface area contributed by atoms with Crippen LogP contribution in [0.25, 0.3) is 0 Å². The van der Waals surface area contributed by atoms with Gasteiger partial charge in [0.25, 0.3) is 0 Å². The number of ether oxygens (including phenoxy) is 2. The Bertz CT molecular complexity index is 374. The van der Waals surface area contributed by atoms with Crippen molar-refractivity contribution >= 4 is 0 Å². The Morgan fingerprint density at radius 2 is 2.06 bits per heavy atom. The van der Waals surface area contributed by atoms with Crippen LogP contribution in [0.1, 0.15) is 19.4 Å². The summed E-state index contributed by atoms with van der Waals surface area (Å²) < 4.78 is 11.0. The van der Waals surface area contributed by atoms with E-state index in [0.717, 1.165) is 23.5 Å². The third-order valence-corrected chi connectivity index (χ3v) is 2.43. The van der Waals surface area contributed by atoms with Gasteiger partial charge in [-0.25, -0.2) is 0 Å². The van der Waals surface area contributed by atoms with Gasteiger partial charge in [0.2, 0.25) is 0 Å². The summed E-state index contributed by atoms with van der Waals surface area (Å²) in [4.78, 5) is 0. The van der Waals surface area contributed by atoms with Crippen LogP contribution in [0.3, 0.4) is 0 Å². The first-order valence-corrected chi connectivity index (χ1v) is 5.78. The molecule has 0 aliphatic heterocycles. The molecule has 2 unspecified atom stereocenters. The lowest BCUT2D eigenvalue weighted by Gasteiger charge is -2.15. The predicted molar refractivity (Wildman–Crippen MR) is 70.6 cm³/mol. The summed E-state index contributed by atoms with van der Waals surface area (Å²) in [5, 5.41) is 0. The summed E-state index contributed by atoms with van der Waals surface area (Å²) in [6, 6.07) is 6.02. The van der Waals surface area contributed by atoms with Crippen LogP contribution in [-0.2, 0) is 6.42 Å². The molecule has 0 bridgehead atoms. The van der Waals surface area contributed by atoms with E-state index < -0.39 is 0 Å². The van der Waals surface area contributed by atoms with Gasteiger partial charge in [0, 0.05) is 6.04 Å². The molecule has 2 N–H and O–H groups in total. The summed E-state index contributed by atoms with van der Waals surface area (Å²) in [6.07, 6.45) is 2.52. The second kappa shape index (κ2) is 6.30. The summed E-state index contributed by atoms with van der Waals surface area (Å²) in [5.41, 5.74) is 6.93. The zero-order valence-corrected chi connectivity index (χ0v) is 10.8. The molecule has 3 nitrogen and oxygen atoms in total. The second-order valence-corrected chi connectivity index (χ2v) is 4.23. The molecule has 1 rings (SSSR count). The van der Waals surface area contributed by atoms with Crippen LogP contribution in [0.5, 0.6) is 11.5 Å². The minimum absolute atomic E-state index is 0.0468. The van der Waals surface area contributed by atoms with Crippen molar-refractivity contribution in [3.8, 4) is 11.5 Å². The average Bonchev–Trinajstić information content (AvgIpc) is 2.28. The molecule has 0 amide bonds. The van der Waals surface area contributed by atoms with E-state index in [0.29, 0.717) is 0 Å². The van der Waals surface area contributed by atoms with E-state index >= 15 is 0 Å². The fourth-order valence-corrected chi connectivity index (χ4v) is 1.56. The number of nitrogens with two attached hydrogens (primary N) is 1. The van der Waals surface area contributed by atoms with Crippen molar-refractivity contribution < 1.29 is 9.47 Å². The maximum Gasteiger partial charge on any atom is 0.162 e. The second-order valence-electron chi connectivity index (χ2n) is 4.23. The lowest BCUT2D eigenvalue weighted by atomic mass is 10.1. The lowest BCUT2D eigenvalue weighted by Crippen LogP contribution is -2.18. The van der Waals surface area contributed by atoms with Gasteiger partial charge in [-0.2, -0.15) is 0 Å². The van der Waals surface area contributed by atoms with Crippen molar-refractivity contribution in [3.63, 3.8) is 0 Å². The highest BCUT2D eigenvalue weighted by atomic mass is 16.5. The van der Waals surface area contributed by atoms with Crippen LogP contribution in [0.15, 0.2) is 30.9 Å². The average molecular weight is 235 g/mol.